The van der Waals surface area contributed by atoms with E-state index in [-0.39, 0.29) is 30.5 Å². The van der Waals surface area contributed by atoms with E-state index in [4.69, 9.17) is 0 Å². The number of hydrogen-bond acceptors (Lipinski definition) is 3. The first-order valence-corrected chi connectivity index (χ1v) is 8.62. The van der Waals surface area contributed by atoms with Gasteiger partial charge in [-0.25, -0.2) is 4.99 Å². The summed E-state index contributed by atoms with van der Waals surface area (Å²) in [7, 11) is 9.52. The molecule has 0 spiro atoms. The Labute approximate surface area is 176 Å². The third-order valence-corrected chi connectivity index (χ3v) is 4.44. The summed E-state index contributed by atoms with van der Waals surface area (Å²) in [5.74, 6) is 0.715. The number of halogens is 4. The zero-order valence-corrected chi connectivity index (χ0v) is 18.9. The maximum Gasteiger partial charge on any atom is 0.416 e. The molecule has 1 fully saturated rings. The molecular formula is C18H29F3IN5. The molecule has 1 aliphatic heterocycles. The highest BCUT2D eigenvalue weighted by Crippen LogP contribution is 2.33. The minimum atomic E-state index is -4.36. The van der Waals surface area contributed by atoms with Crippen LogP contribution in [0, 0.1) is 0 Å². The van der Waals surface area contributed by atoms with Crippen molar-refractivity contribution in [2.45, 2.75) is 12.7 Å². The Morgan fingerprint density at radius 3 is 2.07 bits per heavy atom. The van der Waals surface area contributed by atoms with Crippen LogP contribution in [0.3, 0.4) is 0 Å². The smallest absolute Gasteiger partial charge is 0.369 e. The van der Waals surface area contributed by atoms with Crippen LogP contribution in [0.5, 0.6) is 0 Å². The van der Waals surface area contributed by atoms with Crippen molar-refractivity contribution in [3.8, 4) is 0 Å². The number of benzene rings is 1. The van der Waals surface area contributed by atoms with Gasteiger partial charge in [-0.05, 0) is 30.8 Å². The van der Waals surface area contributed by atoms with E-state index in [1.165, 1.54) is 12.1 Å². The van der Waals surface area contributed by atoms with Gasteiger partial charge in [0.1, 0.15) is 0 Å². The average Bonchev–Trinajstić information content (AvgIpc) is 2.54. The molecule has 1 saturated heterocycles. The highest BCUT2D eigenvalue weighted by molar-refractivity contribution is 14.0. The summed E-state index contributed by atoms with van der Waals surface area (Å²) in [5.41, 5.74) is 0.814. The Kier molecular flexibility index (Phi) is 8.65. The summed E-state index contributed by atoms with van der Waals surface area (Å²) in [4.78, 5) is 12.6. The Morgan fingerprint density at radius 1 is 1.04 bits per heavy atom. The summed E-state index contributed by atoms with van der Waals surface area (Å²) in [6.45, 7) is 3.59. The van der Waals surface area contributed by atoms with Gasteiger partial charge in [0.25, 0.3) is 0 Å². The standard InChI is InChI=1S/C18H28F3N5.HI/c1-23(2)17(24(3)4)22-13-14-12-15(18(19,20)21)6-7-16(14)26-10-8-25(5)9-11-26;/h6-7,12H,8-11,13H2,1-5H3;1H. The van der Waals surface area contributed by atoms with Gasteiger partial charge in [-0.15, -0.1) is 24.0 Å². The molecule has 2 rings (SSSR count). The third kappa shape index (κ3) is 6.41. The number of piperazine rings is 1. The fourth-order valence-electron chi connectivity index (χ4n) is 3.08. The molecule has 0 amide bonds. The fourth-order valence-corrected chi connectivity index (χ4v) is 3.08. The molecule has 0 aliphatic carbocycles. The molecule has 154 valence electrons. The number of aliphatic imine (C=N–C) groups is 1. The fraction of sp³-hybridized carbons (Fsp3) is 0.611. The van der Waals surface area contributed by atoms with Gasteiger partial charge in [-0.2, -0.15) is 13.2 Å². The summed E-state index contributed by atoms with van der Waals surface area (Å²) in [6, 6.07) is 3.99. The minimum Gasteiger partial charge on any atom is -0.369 e. The van der Waals surface area contributed by atoms with Crippen LogP contribution in [0.25, 0.3) is 0 Å². The molecular weight excluding hydrogens is 470 g/mol. The number of guanidine groups is 1. The maximum atomic E-state index is 13.2. The van der Waals surface area contributed by atoms with E-state index in [2.05, 4.69) is 21.8 Å². The van der Waals surface area contributed by atoms with Crippen molar-refractivity contribution in [3.05, 3.63) is 29.3 Å². The lowest BCUT2D eigenvalue weighted by Crippen LogP contribution is -2.44. The highest BCUT2D eigenvalue weighted by atomic mass is 127. The topological polar surface area (TPSA) is 25.3 Å². The monoisotopic (exact) mass is 499 g/mol. The highest BCUT2D eigenvalue weighted by Gasteiger charge is 2.31. The van der Waals surface area contributed by atoms with Crippen LogP contribution >= 0.6 is 24.0 Å². The number of anilines is 1. The van der Waals surface area contributed by atoms with Crippen LogP contribution < -0.4 is 4.90 Å². The first kappa shape index (κ1) is 23.8. The first-order valence-electron chi connectivity index (χ1n) is 8.62. The summed E-state index contributed by atoms with van der Waals surface area (Å²) in [5, 5.41) is 0. The van der Waals surface area contributed by atoms with Gasteiger partial charge in [-0.1, -0.05) is 0 Å². The van der Waals surface area contributed by atoms with E-state index >= 15 is 0 Å². The van der Waals surface area contributed by atoms with Gasteiger partial charge in [0.05, 0.1) is 12.1 Å². The van der Waals surface area contributed by atoms with Gasteiger partial charge in [-0.3, -0.25) is 0 Å². The molecule has 5 nitrogen and oxygen atoms in total. The molecule has 1 heterocycles. The number of hydrogen-bond donors (Lipinski definition) is 0. The van der Waals surface area contributed by atoms with Crippen molar-refractivity contribution >= 4 is 35.6 Å². The second-order valence-electron chi connectivity index (χ2n) is 7.04. The minimum absolute atomic E-state index is 0. The number of likely N-dealkylation sites (N-methyl/N-ethyl adjacent to an activating group) is 1. The summed E-state index contributed by atoms with van der Waals surface area (Å²) < 4.78 is 39.5. The molecule has 0 saturated carbocycles. The summed E-state index contributed by atoms with van der Waals surface area (Å²) in [6.07, 6.45) is -4.36. The van der Waals surface area contributed by atoms with Crippen LogP contribution in [0.1, 0.15) is 11.1 Å². The lowest BCUT2D eigenvalue weighted by Gasteiger charge is -2.35. The van der Waals surface area contributed by atoms with Crippen LogP contribution in [0.2, 0.25) is 0 Å². The molecule has 9 heteroatoms. The number of alkyl halides is 3. The summed E-state index contributed by atoms with van der Waals surface area (Å²) >= 11 is 0. The van der Waals surface area contributed by atoms with E-state index in [0.717, 1.165) is 31.9 Å². The van der Waals surface area contributed by atoms with Gasteiger partial charge in [0, 0.05) is 60.1 Å². The van der Waals surface area contributed by atoms with Crippen molar-refractivity contribution in [3.63, 3.8) is 0 Å². The van der Waals surface area contributed by atoms with Gasteiger partial charge in [0.2, 0.25) is 0 Å². The quantitative estimate of drug-likeness (QED) is 0.363. The molecule has 0 N–H and O–H groups in total. The number of nitrogens with zero attached hydrogens (tertiary/aromatic N) is 5. The lowest BCUT2D eigenvalue weighted by atomic mass is 10.1. The SMILES string of the molecule is CN1CCN(c2ccc(C(F)(F)F)cc2CN=C(N(C)C)N(C)C)CC1.I. The largest absolute Gasteiger partial charge is 0.416 e. The van der Waals surface area contributed by atoms with Crippen molar-refractivity contribution in [1.82, 2.24) is 14.7 Å². The van der Waals surface area contributed by atoms with Crippen molar-refractivity contribution < 1.29 is 13.2 Å². The van der Waals surface area contributed by atoms with Crippen LogP contribution in [-0.2, 0) is 12.7 Å². The molecule has 1 aromatic carbocycles. The molecule has 0 bridgehead atoms. The van der Waals surface area contributed by atoms with E-state index in [1.54, 1.807) is 6.07 Å². The zero-order valence-electron chi connectivity index (χ0n) is 16.5. The Morgan fingerprint density at radius 2 is 1.59 bits per heavy atom. The molecule has 0 unspecified atom stereocenters. The molecule has 1 aliphatic rings. The van der Waals surface area contributed by atoms with Crippen LogP contribution in [0.15, 0.2) is 23.2 Å². The molecule has 0 atom stereocenters. The average molecular weight is 499 g/mol. The van der Waals surface area contributed by atoms with Crippen molar-refractivity contribution in [2.75, 3.05) is 66.3 Å². The first-order chi connectivity index (χ1) is 12.1. The van der Waals surface area contributed by atoms with E-state index < -0.39 is 11.7 Å². The molecule has 0 radical (unpaired) electrons. The second-order valence-corrected chi connectivity index (χ2v) is 7.04. The predicted molar refractivity (Wildman–Crippen MR) is 115 cm³/mol. The van der Waals surface area contributed by atoms with Crippen molar-refractivity contribution in [1.29, 1.82) is 0 Å². The van der Waals surface area contributed by atoms with Crippen molar-refractivity contribution in [2.24, 2.45) is 4.99 Å². The predicted octanol–water partition coefficient (Wildman–Crippen LogP) is 3.05. The Hall–Kier alpha value is -1.23. The molecule has 27 heavy (non-hydrogen) atoms. The lowest BCUT2D eigenvalue weighted by molar-refractivity contribution is -0.137. The second kappa shape index (κ2) is 9.81. The van der Waals surface area contributed by atoms with Gasteiger partial charge < -0.3 is 19.6 Å². The van der Waals surface area contributed by atoms with Crippen LogP contribution in [0.4, 0.5) is 18.9 Å². The van der Waals surface area contributed by atoms with Crippen LogP contribution in [-0.4, -0.2) is 82.1 Å². The number of rotatable bonds is 3. The molecule has 0 aromatic heterocycles. The van der Waals surface area contributed by atoms with E-state index in [1.807, 2.05) is 38.0 Å². The zero-order chi connectivity index (χ0) is 19.5. The van der Waals surface area contributed by atoms with E-state index in [0.29, 0.717) is 11.5 Å². The Balaban J connectivity index is 0.00000364. The molecule has 1 aromatic rings. The van der Waals surface area contributed by atoms with Gasteiger partial charge >= 0.3 is 6.18 Å². The van der Waals surface area contributed by atoms with Gasteiger partial charge in [0.15, 0.2) is 5.96 Å². The third-order valence-electron chi connectivity index (χ3n) is 4.44. The normalized spacial score (nSPS) is 15.2. The Bertz CT molecular complexity index is 628. The van der Waals surface area contributed by atoms with E-state index in [9.17, 15) is 13.2 Å². The maximum absolute atomic E-state index is 13.2.